The van der Waals surface area contributed by atoms with Gasteiger partial charge in [0.2, 0.25) is 5.91 Å². The van der Waals surface area contributed by atoms with Crippen LogP contribution in [0.25, 0.3) is 0 Å². The third-order valence-corrected chi connectivity index (χ3v) is 3.44. The summed E-state index contributed by atoms with van der Waals surface area (Å²) in [6.07, 6.45) is 0.647. The van der Waals surface area contributed by atoms with E-state index in [-0.39, 0.29) is 18.6 Å². The largest absolute Gasteiger partial charge is 0.397 e. The standard InChI is InChI=1S/C14H22ClN3O2/c1-3-18(7-4-8-19)10(2)14(20)17-13-6-5-11(15)9-12(13)16/h5-6,9-10,19H,3-4,7-8,16H2,1-2H3,(H,17,20). The molecule has 20 heavy (non-hydrogen) atoms. The van der Waals surface area contributed by atoms with Gasteiger partial charge in [0.25, 0.3) is 0 Å². The Hall–Kier alpha value is -1.30. The lowest BCUT2D eigenvalue weighted by molar-refractivity contribution is -0.120. The van der Waals surface area contributed by atoms with Gasteiger partial charge in [0.1, 0.15) is 0 Å². The molecule has 0 spiro atoms. The Morgan fingerprint density at radius 2 is 2.25 bits per heavy atom. The SMILES string of the molecule is CCN(CCCO)C(C)C(=O)Nc1ccc(Cl)cc1N. The zero-order valence-corrected chi connectivity index (χ0v) is 12.7. The zero-order valence-electron chi connectivity index (χ0n) is 11.9. The summed E-state index contributed by atoms with van der Waals surface area (Å²) in [6, 6.07) is 4.68. The summed E-state index contributed by atoms with van der Waals surface area (Å²) in [4.78, 5) is 14.2. The molecule has 1 atom stereocenters. The van der Waals surface area contributed by atoms with E-state index in [1.54, 1.807) is 18.2 Å². The quantitative estimate of drug-likeness (QED) is 0.673. The number of hydrogen-bond donors (Lipinski definition) is 3. The average Bonchev–Trinajstić information content (AvgIpc) is 2.42. The molecule has 112 valence electrons. The van der Waals surface area contributed by atoms with Crippen molar-refractivity contribution in [1.82, 2.24) is 4.90 Å². The van der Waals surface area contributed by atoms with Gasteiger partial charge in [-0.25, -0.2) is 0 Å². The number of likely N-dealkylation sites (N-methyl/N-ethyl adjacent to an activating group) is 1. The Balaban J connectivity index is 2.68. The second-order valence-electron chi connectivity index (χ2n) is 4.60. The number of benzene rings is 1. The maximum absolute atomic E-state index is 12.2. The van der Waals surface area contributed by atoms with Crippen LogP contribution >= 0.6 is 11.6 Å². The smallest absolute Gasteiger partial charge is 0.241 e. The van der Waals surface area contributed by atoms with Gasteiger partial charge in [0.15, 0.2) is 0 Å². The highest BCUT2D eigenvalue weighted by Gasteiger charge is 2.20. The topological polar surface area (TPSA) is 78.6 Å². The van der Waals surface area contributed by atoms with Gasteiger partial charge in [-0.2, -0.15) is 0 Å². The molecule has 0 heterocycles. The first kappa shape index (κ1) is 16.8. The fraction of sp³-hybridized carbons (Fsp3) is 0.500. The number of nitrogen functional groups attached to an aromatic ring is 1. The van der Waals surface area contributed by atoms with E-state index in [0.717, 1.165) is 6.54 Å². The molecule has 4 N–H and O–H groups in total. The van der Waals surface area contributed by atoms with E-state index in [9.17, 15) is 4.79 Å². The molecule has 1 aromatic carbocycles. The molecule has 0 radical (unpaired) electrons. The molecule has 1 unspecified atom stereocenters. The molecule has 0 aliphatic heterocycles. The van der Waals surface area contributed by atoms with E-state index < -0.39 is 0 Å². The van der Waals surface area contributed by atoms with Crippen molar-refractivity contribution in [3.8, 4) is 0 Å². The number of rotatable bonds is 7. The van der Waals surface area contributed by atoms with Crippen molar-refractivity contribution in [1.29, 1.82) is 0 Å². The molecule has 0 aliphatic rings. The fourth-order valence-corrected chi connectivity index (χ4v) is 2.13. The van der Waals surface area contributed by atoms with Gasteiger partial charge in [-0.3, -0.25) is 9.69 Å². The highest BCUT2D eigenvalue weighted by atomic mass is 35.5. The highest BCUT2D eigenvalue weighted by Crippen LogP contribution is 2.23. The third kappa shape index (κ3) is 4.67. The maximum atomic E-state index is 12.2. The van der Waals surface area contributed by atoms with Crippen LogP contribution in [0.15, 0.2) is 18.2 Å². The maximum Gasteiger partial charge on any atom is 0.241 e. The number of hydrogen-bond acceptors (Lipinski definition) is 4. The minimum absolute atomic E-state index is 0.120. The van der Waals surface area contributed by atoms with E-state index in [0.29, 0.717) is 29.4 Å². The molecule has 0 saturated heterocycles. The van der Waals surface area contributed by atoms with Gasteiger partial charge >= 0.3 is 0 Å². The Morgan fingerprint density at radius 3 is 2.80 bits per heavy atom. The van der Waals surface area contributed by atoms with Crippen molar-refractivity contribution in [2.45, 2.75) is 26.3 Å². The summed E-state index contributed by atoms with van der Waals surface area (Å²) in [5.74, 6) is -0.126. The normalized spacial score (nSPS) is 12.4. The van der Waals surface area contributed by atoms with E-state index in [1.807, 2.05) is 18.7 Å². The Labute approximate surface area is 124 Å². The number of nitrogens with two attached hydrogens (primary N) is 1. The van der Waals surface area contributed by atoms with E-state index in [4.69, 9.17) is 22.4 Å². The van der Waals surface area contributed by atoms with E-state index >= 15 is 0 Å². The van der Waals surface area contributed by atoms with Gasteiger partial charge in [0, 0.05) is 18.2 Å². The highest BCUT2D eigenvalue weighted by molar-refractivity contribution is 6.31. The molecule has 0 fully saturated rings. The van der Waals surface area contributed by atoms with Crippen LogP contribution < -0.4 is 11.1 Å². The molecule has 0 bridgehead atoms. The van der Waals surface area contributed by atoms with Crippen molar-refractivity contribution in [2.24, 2.45) is 0 Å². The average molecular weight is 300 g/mol. The molecule has 0 aromatic heterocycles. The van der Waals surface area contributed by atoms with E-state index in [2.05, 4.69) is 5.32 Å². The predicted molar refractivity (Wildman–Crippen MR) is 82.9 cm³/mol. The molecular weight excluding hydrogens is 278 g/mol. The molecular formula is C14H22ClN3O2. The molecule has 1 aromatic rings. The number of nitrogens with zero attached hydrogens (tertiary/aromatic N) is 1. The fourth-order valence-electron chi connectivity index (χ4n) is 1.95. The summed E-state index contributed by atoms with van der Waals surface area (Å²) >= 11 is 5.82. The summed E-state index contributed by atoms with van der Waals surface area (Å²) in [6.45, 7) is 5.36. The van der Waals surface area contributed by atoms with Crippen LogP contribution in [0.3, 0.4) is 0 Å². The van der Waals surface area contributed by atoms with Gasteiger partial charge in [-0.05, 0) is 38.1 Å². The molecule has 0 saturated carbocycles. The van der Waals surface area contributed by atoms with Crippen LogP contribution in [0.5, 0.6) is 0 Å². The first-order valence-corrected chi connectivity index (χ1v) is 7.08. The second-order valence-corrected chi connectivity index (χ2v) is 5.04. The van der Waals surface area contributed by atoms with Crippen LogP contribution in [-0.4, -0.2) is 41.7 Å². The molecule has 1 amide bonds. The first-order valence-electron chi connectivity index (χ1n) is 6.70. The monoisotopic (exact) mass is 299 g/mol. The van der Waals surface area contributed by atoms with Crippen molar-refractivity contribution in [3.05, 3.63) is 23.2 Å². The Bertz CT molecular complexity index is 454. The molecule has 0 aliphatic carbocycles. The number of nitrogens with one attached hydrogen (secondary N) is 1. The zero-order chi connectivity index (χ0) is 15.1. The number of anilines is 2. The van der Waals surface area contributed by atoms with Gasteiger partial charge < -0.3 is 16.2 Å². The first-order chi connectivity index (χ1) is 9.49. The van der Waals surface area contributed by atoms with Gasteiger partial charge in [0.05, 0.1) is 17.4 Å². The predicted octanol–water partition coefficient (Wildman–Crippen LogP) is 1.95. The van der Waals surface area contributed by atoms with Crippen LogP contribution in [0.4, 0.5) is 11.4 Å². The summed E-state index contributed by atoms with van der Waals surface area (Å²) < 4.78 is 0. The Morgan fingerprint density at radius 1 is 1.55 bits per heavy atom. The van der Waals surface area contributed by atoms with Crippen LogP contribution in [0.1, 0.15) is 20.3 Å². The third-order valence-electron chi connectivity index (χ3n) is 3.21. The second kappa shape index (κ2) is 8.09. The van der Waals surface area contributed by atoms with Crippen LogP contribution in [-0.2, 0) is 4.79 Å². The van der Waals surface area contributed by atoms with Crippen molar-refractivity contribution in [3.63, 3.8) is 0 Å². The van der Waals surface area contributed by atoms with Crippen LogP contribution in [0.2, 0.25) is 5.02 Å². The molecule has 6 heteroatoms. The number of aliphatic hydroxyl groups is 1. The van der Waals surface area contributed by atoms with E-state index in [1.165, 1.54) is 0 Å². The Kier molecular flexibility index (Phi) is 6.78. The van der Waals surface area contributed by atoms with Crippen LogP contribution in [0, 0.1) is 0 Å². The number of carbonyl (C=O) groups excluding carboxylic acids is 1. The lowest BCUT2D eigenvalue weighted by atomic mass is 10.2. The summed E-state index contributed by atoms with van der Waals surface area (Å²) in [7, 11) is 0. The number of carbonyl (C=O) groups is 1. The number of halogens is 1. The van der Waals surface area contributed by atoms with Crippen molar-refractivity contribution in [2.75, 3.05) is 30.7 Å². The number of amides is 1. The minimum atomic E-state index is -0.290. The van der Waals surface area contributed by atoms with Gasteiger partial charge in [-0.1, -0.05) is 18.5 Å². The number of aliphatic hydroxyl groups excluding tert-OH is 1. The van der Waals surface area contributed by atoms with Crippen molar-refractivity contribution < 1.29 is 9.90 Å². The van der Waals surface area contributed by atoms with Gasteiger partial charge in [-0.15, -0.1) is 0 Å². The molecule has 5 nitrogen and oxygen atoms in total. The summed E-state index contributed by atoms with van der Waals surface area (Å²) in [5, 5.41) is 12.2. The minimum Gasteiger partial charge on any atom is -0.397 e. The lowest BCUT2D eigenvalue weighted by Gasteiger charge is -2.26. The lowest BCUT2D eigenvalue weighted by Crippen LogP contribution is -2.42. The molecule has 1 rings (SSSR count). The summed E-state index contributed by atoms with van der Waals surface area (Å²) in [5.41, 5.74) is 6.81. The van der Waals surface area contributed by atoms with Crippen molar-refractivity contribution >= 4 is 28.9 Å².